The number of aryl methyl sites for hydroxylation is 2. The second-order valence-corrected chi connectivity index (χ2v) is 9.19. The lowest BCUT2D eigenvalue weighted by Gasteiger charge is -2.29. The second-order valence-electron chi connectivity index (χ2n) is 7.29. The zero-order chi connectivity index (χ0) is 20.4. The first-order valence-electron chi connectivity index (χ1n) is 9.77. The molecule has 0 saturated carbocycles. The van der Waals surface area contributed by atoms with Crippen LogP contribution >= 0.6 is 27.3 Å². The lowest BCUT2D eigenvalue weighted by atomic mass is 10.1. The number of ether oxygens (including phenoxy) is 1. The molecule has 0 spiro atoms. The van der Waals surface area contributed by atoms with Crippen molar-refractivity contribution in [3.8, 4) is 0 Å². The van der Waals surface area contributed by atoms with Crippen molar-refractivity contribution in [1.29, 1.82) is 0 Å². The van der Waals surface area contributed by atoms with Gasteiger partial charge < -0.3 is 4.74 Å². The van der Waals surface area contributed by atoms with Gasteiger partial charge in [0.1, 0.15) is 0 Å². The first-order chi connectivity index (χ1) is 14.0. The third kappa shape index (κ3) is 4.53. The number of carbonyl (C=O) groups excluding carboxylic acids is 1. The van der Waals surface area contributed by atoms with Gasteiger partial charge in [-0.3, -0.25) is 14.6 Å². The third-order valence-corrected chi connectivity index (χ3v) is 6.93. The SMILES string of the molecule is Cc1ccc(C)c2sc(N(CCN3CCOCC3)C(=O)c3cccc(Br)c3)nc12. The van der Waals surface area contributed by atoms with Crippen molar-refractivity contribution in [2.24, 2.45) is 0 Å². The Morgan fingerprint density at radius 3 is 2.69 bits per heavy atom. The highest BCUT2D eigenvalue weighted by molar-refractivity contribution is 9.10. The first kappa shape index (κ1) is 20.5. The second kappa shape index (κ2) is 8.92. The summed E-state index contributed by atoms with van der Waals surface area (Å²) in [7, 11) is 0. The molecule has 1 amide bonds. The summed E-state index contributed by atoms with van der Waals surface area (Å²) < 4.78 is 7.50. The van der Waals surface area contributed by atoms with Crippen LogP contribution in [-0.2, 0) is 4.74 Å². The molecule has 1 aliphatic heterocycles. The van der Waals surface area contributed by atoms with E-state index in [0.29, 0.717) is 12.1 Å². The number of thiazole rings is 1. The topological polar surface area (TPSA) is 45.7 Å². The molecule has 1 saturated heterocycles. The van der Waals surface area contributed by atoms with Crippen LogP contribution in [0.2, 0.25) is 0 Å². The molecule has 0 bridgehead atoms. The van der Waals surface area contributed by atoms with Gasteiger partial charge in [-0.05, 0) is 43.2 Å². The van der Waals surface area contributed by atoms with E-state index in [9.17, 15) is 4.79 Å². The van der Waals surface area contributed by atoms with Crippen LogP contribution in [0.15, 0.2) is 40.9 Å². The number of amides is 1. The molecule has 29 heavy (non-hydrogen) atoms. The maximum Gasteiger partial charge on any atom is 0.260 e. The van der Waals surface area contributed by atoms with Gasteiger partial charge in [-0.15, -0.1) is 0 Å². The average Bonchev–Trinajstić information content (AvgIpc) is 3.18. The Hall–Kier alpha value is -1.80. The molecule has 0 aliphatic carbocycles. The van der Waals surface area contributed by atoms with Crippen molar-refractivity contribution in [3.63, 3.8) is 0 Å². The fourth-order valence-corrected chi connectivity index (χ4v) is 5.03. The molecule has 1 aromatic heterocycles. The Labute approximate surface area is 183 Å². The van der Waals surface area contributed by atoms with Crippen molar-refractivity contribution in [2.75, 3.05) is 44.3 Å². The molecular formula is C22H24BrN3O2S. The molecule has 5 nitrogen and oxygen atoms in total. The molecule has 7 heteroatoms. The summed E-state index contributed by atoms with van der Waals surface area (Å²) in [5.74, 6) is -0.0195. The Bertz CT molecular complexity index is 991. The number of benzene rings is 2. The third-order valence-electron chi connectivity index (χ3n) is 5.22. The zero-order valence-corrected chi connectivity index (χ0v) is 19.1. The molecule has 1 aliphatic rings. The van der Waals surface area contributed by atoms with E-state index in [4.69, 9.17) is 9.72 Å². The summed E-state index contributed by atoms with van der Waals surface area (Å²) >= 11 is 5.08. The zero-order valence-electron chi connectivity index (χ0n) is 16.7. The van der Waals surface area contributed by atoms with Gasteiger partial charge in [0, 0.05) is 36.2 Å². The van der Waals surface area contributed by atoms with Gasteiger partial charge >= 0.3 is 0 Å². The number of carbonyl (C=O) groups is 1. The number of aromatic nitrogens is 1. The first-order valence-corrected chi connectivity index (χ1v) is 11.4. The number of morpholine rings is 1. The van der Waals surface area contributed by atoms with E-state index >= 15 is 0 Å². The Balaban J connectivity index is 1.68. The van der Waals surface area contributed by atoms with Crippen LogP contribution in [0.4, 0.5) is 5.13 Å². The maximum atomic E-state index is 13.4. The smallest absolute Gasteiger partial charge is 0.260 e. The van der Waals surface area contributed by atoms with E-state index in [1.54, 1.807) is 11.3 Å². The van der Waals surface area contributed by atoms with Crippen molar-refractivity contribution in [3.05, 3.63) is 57.6 Å². The molecule has 0 radical (unpaired) electrons. The standard InChI is InChI=1S/C22H24BrN3O2S/c1-15-6-7-16(2)20-19(15)24-22(29-20)26(9-8-25-10-12-28-13-11-25)21(27)17-4-3-5-18(23)14-17/h3-7,14H,8-13H2,1-2H3. The largest absolute Gasteiger partial charge is 0.379 e. The van der Waals surface area contributed by atoms with Gasteiger partial charge in [0.05, 0.1) is 23.4 Å². The van der Waals surface area contributed by atoms with Gasteiger partial charge in [-0.2, -0.15) is 0 Å². The highest BCUT2D eigenvalue weighted by Gasteiger charge is 2.23. The molecule has 0 N–H and O–H groups in total. The van der Waals surface area contributed by atoms with E-state index in [1.807, 2.05) is 29.2 Å². The monoisotopic (exact) mass is 473 g/mol. The van der Waals surface area contributed by atoms with E-state index in [0.717, 1.165) is 58.2 Å². The van der Waals surface area contributed by atoms with Crippen LogP contribution in [0.1, 0.15) is 21.5 Å². The van der Waals surface area contributed by atoms with Gasteiger partial charge in [0.15, 0.2) is 5.13 Å². The predicted octanol–water partition coefficient (Wildman–Crippen LogP) is 4.65. The van der Waals surface area contributed by atoms with Crippen LogP contribution < -0.4 is 4.90 Å². The van der Waals surface area contributed by atoms with Crippen LogP contribution in [0.3, 0.4) is 0 Å². The fourth-order valence-electron chi connectivity index (χ4n) is 3.49. The normalized spacial score (nSPS) is 15.0. The van der Waals surface area contributed by atoms with Crippen molar-refractivity contribution >= 4 is 48.5 Å². The molecule has 2 aromatic carbocycles. The molecule has 152 valence electrons. The summed E-state index contributed by atoms with van der Waals surface area (Å²) in [5, 5.41) is 0.760. The van der Waals surface area contributed by atoms with E-state index < -0.39 is 0 Å². The van der Waals surface area contributed by atoms with Gasteiger partial charge in [-0.1, -0.05) is 45.5 Å². The molecule has 2 heterocycles. The number of hydrogen-bond donors (Lipinski definition) is 0. The summed E-state index contributed by atoms with van der Waals surface area (Å²) in [6.45, 7) is 8.86. The average molecular weight is 474 g/mol. The van der Waals surface area contributed by atoms with Crippen LogP contribution in [0, 0.1) is 13.8 Å². The van der Waals surface area contributed by atoms with Gasteiger partial charge in [-0.25, -0.2) is 4.98 Å². The minimum Gasteiger partial charge on any atom is -0.379 e. The molecule has 4 rings (SSSR count). The molecular weight excluding hydrogens is 450 g/mol. The number of rotatable bonds is 5. The van der Waals surface area contributed by atoms with Crippen molar-refractivity contribution in [1.82, 2.24) is 9.88 Å². The van der Waals surface area contributed by atoms with E-state index in [1.165, 1.54) is 5.56 Å². The lowest BCUT2D eigenvalue weighted by Crippen LogP contribution is -2.43. The van der Waals surface area contributed by atoms with E-state index in [2.05, 4.69) is 46.8 Å². The van der Waals surface area contributed by atoms with Crippen molar-refractivity contribution < 1.29 is 9.53 Å². The number of nitrogens with zero attached hydrogens (tertiary/aromatic N) is 3. The quantitative estimate of drug-likeness (QED) is 0.540. The minimum atomic E-state index is -0.0195. The Morgan fingerprint density at radius 1 is 1.21 bits per heavy atom. The minimum absolute atomic E-state index is 0.0195. The molecule has 1 fully saturated rings. The van der Waals surface area contributed by atoms with Crippen LogP contribution in [0.25, 0.3) is 10.2 Å². The summed E-state index contributed by atoms with van der Waals surface area (Å²) in [6.07, 6.45) is 0. The van der Waals surface area contributed by atoms with E-state index in [-0.39, 0.29) is 5.91 Å². The summed E-state index contributed by atoms with van der Waals surface area (Å²) in [6, 6.07) is 11.8. The number of anilines is 1. The van der Waals surface area contributed by atoms with Gasteiger partial charge in [0.25, 0.3) is 5.91 Å². The summed E-state index contributed by atoms with van der Waals surface area (Å²) in [4.78, 5) is 22.5. The highest BCUT2D eigenvalue weighted by atomic mass is 79.9. The molecule has 0 unspecified atom stereocenters. The Kier molecular flexibility index (Phi) is 6.29. The summed E-state index contributed by atoms with van der Waals surface area (Å²) in [5.41, 5.74) is 3.98. The van der Waals surface area contributed by atoms with Gasteiger partial charge in [0.2, 0.25) is 0 Å². The number of fused-ring (bicyclic) bond motifs is 1. The number of hydrogen-bond acceptors (Lipinski definition) is 5. The highest BCUT2D eigenvalue weighted by Crippen LogP contribution is 2.33. The predicted molar refractivity (Wildman–Crippen MR) is 122 cm³/mol. The molecule has 0 atom stereocenters. The Morgan fingerprint density at radius 2 is 1.97 bits per heavy atom. The van der Waals surface area contributed by atoms with Crippen LogP contribution in [-0.4, -0.2) is 55.2 Å². The fraction of sp³-hybridized carbons (Fsp3) is 0.364. The lowest BCUT2D eigenvalue weighted by molar-refractivity contribution is 0.0391. The molecule has 3 aromatic rings. The van der Waals surface area contributed by atoms with Crippen LogP contribution in [0.5, 0.6) is 0 Å². The van der Waals surface area contributed by atoms with Crippen molar-refractivity contribution in [2.45, 2.75) is 13.8 Å². The maximum absolute atomic E-state index is 13.4. The number of halogens is 1.